The van der Waals surface area contributed by atoms with Crippen molar-refractivity contribution in [2.45, 2.75) is 39.5 Å². The Bertz CT molecular complexity index is 1040. The van der Waals surface area contributed by atoms with Gasteiger partial charge >= 0.3 is 0 Å². The fourth-order valence-corrected chi connectivity index (χ4v) is 5.16. The van der Waals surface area contributed by atoms with Gasteiger partial charge in [0.05, 0.1) is 0 Å². The molecule has 0 fully saturated rings. The van der Waals surface area contributed by atoms with Crippen LogP contribution in [-0.4, -0.2) is 5.78 Å². The number of nitrogens with two attached hydrogens (primary N) is 1. The summed E-state index contributed by atoms with van der Waals surface area (Å²) in [6, 6.07) is 16.5. The van der Waals surface area contributed by atoms with E-state index in [2.05, 4.69) is 56.5 Å². The summed E-state index contributed by atoms with van der Waals surface area (Å²) < 4.78 is 0. The van der Waals surface area contributed by atoms with Gasteiger partial charge in [0, 0.05) is 34.0 Å². The van der Waals surface area contributed by atoms with Crippen molar-refractivity contribution >= 4 is 39.2 Å². The molecule has 1 heterocycles. The summed E-state index contributed by atoms with van der Waals surface area (Å²) in [5.41, 5.74) is 10.3. The summed E-state index contributed by atoms with van der Waals surface area (Å²) >= 11 is 1.71. The third-order valence-electron chi connectivity index (χ3n) is 5.59. The zero-order chi connectivity index (χ0) is 19.2. The largest absolute Gasteiger partial charge is 0.398 e. The maximum Gasteiger partial charge on any atom is 0.160 e. The Morgan fingerprint density at radius 1 is 1.04 bits per heavy atom. The van der Waals surface area contributed by atoms with E-state index in [0.717, 1.165) is 39.6 Å². The first-order valence-corrected chi connectivity index (χ1v) is 10.3. The van der Waals surface area contributed by atoms with Crippen molar-refractivity contribution in [3.63, 3.8) is 0 Å². The number of carbonyl (C=O) groups is 1. The predicted octanol–water partition coefficient (Wildman–Crippen LogP) is 6.43. The fourth-order valence-electron chi connectivity index (χ4n) is 4.37. The highest BCUT2D eigenvalue weighted by Crippen LogP contribution is 2.48. The van der Waals surface area contributed by atoms with Gasteiger partial charge in [0.2, 0.25) is 0 Å². The van der Waals surface area contributed by atoms with E-state index < -0.39 is 0 Å². The lowest BCUT2D eigenvalue weighted by Gasteiger charge is -2.35. The van der Waals surface area contributed by atoms with Crippen LogP contribution in [0.5, 0.6) is 0 Å². The molecule has 1 aromatic heterocycles. The number of fused-ring (bicyclic) bond motifs is 1. The number of allylic oxidation sites excluding steroid dienone is 2. The first-order chi connectivity index (χ1) is 12.9. The van der Waals surface area contributed by atoms with Crippen molar-refractivity contribution in [3.8, 4) is 0 Å². The molecule has 0 amide bonds. The number of ketones is 1. The third-order valence-corrected chi connectivity index (χ3v) is 6.64. The van der Waals surface area contributed by atoms with Gasteiger partial charge in [0.1, 0.15) is 0 Å². The van der Waals surface area contributed by atoms with Gasteiger partial charge in [-0.2, -0.15) is 0 Å². The number of rotatable bonds is 3. The van der Waals surface area contributed by atoms with Crippen molar-refractivity contribution < 1.29 is 4.79 Å². The summed E-state index contributed by atoms with van der Waals surface area (Å²) in [5.74, 6) is 0.344. The van der Waals surface area contributed by atoms with Gasteiger partial charge in [-0.15, -0.1) is 11.3 Å². The maximum atomic E-state index is 13.3. The highest BCUT2D eigenvalue weighted by Gasteiger charge is 2.36. The van der Waals surface area contributed by atoms with Gasteiger partial charge in [-0.1, -0.05) is 57.2 Å². The molecule has 1 aliphatic carbocycles. The van der Waals surface area contributed by atoms with Gasteiger partial charge in [-0.3, -0.25) is 4.79 Å². The Hall–Kier alpha value is -2.39. The van der Waals surface area contributed by atoms with Crippen molar-refractivity contribution in [3.05, 3.63) is 69.9 Å². The van der Waals surface area contributed by atoms with Crippen molar-refractivity contribution in [1.82, 2.24) is 0 Å². The number of hydrogen-bond acceptors (Lipinski definition) is 3. The van der Waals surface area contributed by atoms with Gasteiger partial charge in [0.25, 0.3) is 0 Å². The molecular formula is C24H25NOS. The normalized spacial score (nSPS) is 18.1. The minimum absolute atomic E-state index is 0.0610. The van der Waals surface area contributed by atoms with E-state index in [4.69, 9.17) is 5.73 Å². The molecule has 4 rings (SSSR count). The number of carbonyl (C=O) groups excluding carboxylic acids is 1. The van der Waals surface area contributed by atoms with Gasteiger partial charge in [-0.25, -0.2) is 0 Å². The molecule has 27 heavy (non-hydrogen) atoms. The van der Waals surface area contributed by atoms with Crippen molar-refractivity contribution in [2.24, 2.45) is 5.41 Å². The highest BCUT2D eigenvalue weighted by molar-refractivity contribution is 7.10. The average molecular weight is 376 g/mol. The third kappa shape index (κ3) is 3.21. The van der Waals surface area contributed by atoms with Crippen LogP contribution in [-0.2, 0) is 4.79 Å². The molecule has 0 bridgehead atoms. The van der Waals surface area contributed by atoms with Crippen LogP contribution in [0, 0.1) is 5.41 Å². The summed E-state index contributed by atoms with van der Waals surface area (Å²) in [6.45, 7) is 6.51. The van der Waals surface area contributed by atoms with Crippen molar-refractivity contribution in [2.75, 3.05) is 5.73 Å². The second-order valence-corrected chi connectivity index (χ2v) is 9.30. The lowest BCUT2D eigenvalue weighted by Crippen LogP contribution is -2.27. The topological polar surface area (TPSA) is 43.1 Å². The number of Topliss-reactive ketones (excluding diaryl/α,β-unsaturated/α-hetero) is 1. The van der Waals surface area contributed by atoms with Crippen LogP contribution < -0.4 is 5.73 Å². The molecule has 0 unspecified atom stereocenters. The van der Waals surface area contributed by atoms with E-state index in [0.29, 0.717) is 6.42 Å². The number of nitrogen functional groups attached to an aromatic ring is 1. The molecule has 3 aromatic rings. The van der Waals surface area contributed by atoms with Gasteiger partial charge in [0.15, 0.2) is 5.78 Å². The quantitative estimate of drug-likeness (QED) is 0.536. The first kappa shape index (κ1) is 18.0. The Labute approximate surface area is 164 Å². The Morgan fingerprint density at radius 2 is 1.81 bits per heavy atom. The van der Waals surface area contributed by atoms with E-state index >= 15 is 0 Å². The molecule has 0 aliphatic heterocycles. The maximum absolute atomic E-state index is 13.3. The second-order valence-electron chi connectivity index (χ2n) is 8.32. The SMILES string of the molecule is C[C@@H](C1=C(c2c(N)ccc3ccccc23)CC(C)(C)CC1=O)c1cccs1. The monoisotopic (exact) mass is 375 g/mol. The molecule has 1 aliphatic rings. The lowest BCUT2D eigenvalue weighted by atomic mass is 9.68. The molecule has 2 nitrogen and oxygen atoms in total. The van der Waals surface area contributed by atoms with E-state index in [9.17, 15) is 4.79 Å². The number of anilines is 1. The fraction of sp³-hybridized carbons (Fsp3) is 0.292. The van der Waals surface area contributed by atoms with Crippen LogP contribution in [0.4, 0.5) is 5.69 Å². The minimum atomic E-state index is -0.0610. The molecule has 1 atom stereocenters. The van der Waals surface area contributed by atoms with Crippen LogP contribution in [0.3, 0.4) is 0 Å². The molecule has 0 spiro atoms. The molecule has 0 saturated heterocycles. The predicted molar refractivity (Wildman–Crippen MR) is 116 cm³/mol. The number of hydrogen-bond donors (Lipinski definition) is 1. The standard InChI is InChI=1S/C24H25NOS/c1-15(21-9-6-12-27-21)22-18(13-24(2,3)14-20(22)26)23-17-8-5-4-7-16(17)10-11-19(23)25/h4-12,15H,13-14,25H2,1-3H3/t15-/m1/s1. The summed E-state index contributed by atoms with van der Waals surface area (Å²) in [5, 5.41) is 4.37. The Kier molecular flexibility index (Phi) is 4.43. The molecular weight excluding hydrogens is 350 g/mol. The van der Waals surface area contributed by atoms with E-state index in [1.54, 1.807) is 11.3 Å². The molecule has 2 aromatic carbocycles. The average Bonchev–Trinajstić information content (AvgIpc) is 3.14. The molecule has 2 N–H and O–H groups in total. The van der Waals surface area contributed by atoms with Crippen molar-refractivity contribution in [1.29, 1.82) is 0 Å². The van der Waals surface area contributed by atoms with Crippen LogP contribution in [0.15, 0.2) is 59.5 Å². The van der Waals surface area contributed by atoms with Crippen LogP contribution in [0.1, 0.15) is 50.0 Å². The van der Waals surface area contributed by atoms with E-state index in [1.165, 1.54) is 4.88 Å². The first-order valence-electron chi connectivity index (χ1n) is 9.44. The minimum Gasteiger partial charge on any atom is -0.398 e. The zero-order valence-electron chi connectivity index (χ0n) is 16.1. The van der Waals surface area contributed by atoms with E-state index in [1.807, 2.05) is 18.2 Å². The summed E-state index contributed by atoms with van der Waals surface area (Å²) in [7, 11) is 0. The van der Waals surface area contributed by atoms with Crippen LogP contribution in [0.25, 0.3) is 16.3 Å². The van der Waals surface area contributed by atoms with Crippen LogP contribution >= 0.6 is 11.3 Å². The lowest BCUT2D eigenvalue weighted by molar-refractivity contribution is -0.118. The smallest absolute Gasteiger partial charge is 0.160 e. The Morgan fingerprint density at radius 3 is 2.56 bits per heavy atom. The van der Waals surface area contributed by atoms with Gasteiger partial charge < -0.3 is 5.73 Å². The summed E-state index contributed by atoms with van der Waals surface area (Å²) in [4.78, 5) is 14.5. The zero-order valence-corrected chi connectivity index (χ0v) is 16.9. The molecule has 138 valence electrons. The molecule has 3 heteroatoms. The van der Waals surface area contributed by atoms with Crippen LogP contribution in [0.2, 0.25) is 0 Å². The molecule has 0 radical (unpaired) electrons. The highest BCUT2D eigenvalue weighted by atomic mass is 32.1. The van der Waals surface area contributed by atoms with Gasteiger partial charge in [-0.05, 0) is 45.7 Å². The number of thiophene rings is 1. The molecule has 0 saturated carbocycles. The second kappa shape index (κ2) is 6.65. The number of benzene rings is 2. The van der Waals surface area contributed by atoms with E-state index in [-0.39, 0.29) is 17.1 Å². The summed E-state index contributed by atoms with van der Waals surface area (Å²) in [6.07, 6.45) is 1.45. The Balaban J connectivity index is 2.03.